The van der Waals surface area contributed by atoms with Crippen LogP contribution in [0.3, 0.4) is 0 Å². The molecule has 0 atom stereocenters. The smallest absolute Gasteiger partial charge is 0.255 e. The maximum absolute atomic E-state index is 13.5. The number of pyridine rings is 1. The van der Waals surface area contributed by atoms with Crippen LogP contribution in [0, 0.1) is 5.82 Å². The first-order valence-corrected chi connectivity index (χ1v) is 6.13. The number of aryl methyl sites for hydroxylation is 1. The lowest BCUT2D eigenvalue weighted by atomic mass is 10.1. The van der Waals surface area contributed by atoms with Crippen LogP contribution >= 0.6 is 23.2 Å². The molecule has 0 radical (unpaired) electrons. The number of hydrogen-bond donors (Lipinski definition) is 0. The van der Waals surface area contributed by atoms with E-state index in [4.69, 9.17) is 27.9 Å². The van der Waals surface area contributed by atoms with Crippen molar-refractivity contribution >= 4 is 23.2 Å². The molecule has 94 valence electrons. The van der Waals surface area contributed by atoms with E-state index in [2.05, 4.69) is 4.98 Å². The third kappa shape index (κ3) is 2.92. The van der Waals surface area contributed by atoms with E-state index in [1.54, 1.807) is 18.2 Å². The molecule has 0 saturated heterocycles. The van der Waals surface area contributed by atoms with Crippen LogP contribution in [0.4, 0.5) is 4.39 Å². The SMILES string of the molecule is CCc1cc(Oc2ncc(Cl)cc2F)ccc1Cl. The van der Waals surface area contributed by atoms with Crippen molar-refractivity contribution in [3.05, 3.63) is 51.9 Å². The summed E-state index contributed by atoms with van der Waals surface area (Å²) in [6.07, 6.45) is 2.10. The molecule has 0 spiro atoms. The predicted molar refractivity (Wildman–Crippen MR) is 70.1 cm³/mol. The number of ether oxygens (including phenoxy) is 1. The fourth-order valence-corrected chi connectivity index (χ4v) is 1.87. The average Bonchev–Trinajstić information content (AvgIpc) is 2.35. The minimum Gasteiger partial charge on any atom is -0.436 e. The molecule has 0 aliphatic heterocycles. The van der Waals surface area contributed by atoms with Crippen molar-refractivity contribution in [2.45, 2.75) is 13.3 Å². The Morgan fingerprint density at radius 1 is 1.28 bits per heavy atom. The summed E-state index contributed by atoms with van der Waals surface area (Å²) in [4.78, 5) is 3.79. The first kappa shape index (κ1) is 13.1. The molecule has 0 saturated carbocycles. The van der Waals surface area contributed by atoms with E-state index in [-0.39, 0.29) is 10.9 Å². The summed E-state index contributed by atoms with van der Waals surface area (Å²) in [6, 6.07) is 6.29. The van der Waals surface area contributed by atoms with Crippen LogP contribution in [-0.2, 0) is 6.42 Å². The molecular weight excluding hydrogens is 276 g/mol. The third-order valence-corrected chi connectivity index (χ3v) is 2.96. The second-order valence-corrected chi connectivity index (χ2v) is 4.49. The Hall–Kier alpha value is -1.32. The lowest BCUT2D eigenvalue weighted by Crippen LogP contribution is -1.93. The van der Waals surface area contributed by atoms with Crippen LogP contribution in [-0.4, -0.2) is 4.98 Å². The van der Waals surface area contributed by atoms with E-state index in [1.165, 1.54) is 6.20 Å². The molecule has 1 aromatic carbocycles. The number of benzene rings is 1. The Labute approximate surface area is 114 Å². The Balaban J connectivity index is 2.28. The van der Waals surface area contributed by atoms with Crippen molar-refractivity contribution in [3.8, 4) is 11.6 Å². The van der Waals surface area contributed by atoms with Crippen molar-refractivity contribution in [3.63, 3.8) is 0 Å². The first-order valence-electron chi connectivity index (χ1n) is 5.37. The Bertz CT molecular complexity index is 575. The number of rotatable bonds is 3. The van der Waals surface area contributed by atoms with E-state index >= 15 is 0 Å². The van der Waals surface area contributed by atoms with E-state index in [0.717, 1.165) is 18.1 Å². The van der Waals surface area contributed by atoms with Gasteiger partial charge in [0.1, 0.15) is 5.75 Å². The fraction of sp³-hybridized carbons (Fsp3) is 0.154. The highest BCUT2D eigenvalue weighted by Gasteiger charge is 2.08. The van der Waals surface area contributed by atoms with Crippen LogP contribution in [0.2, 0.25) is 10.0 Å². The average molecular weight is 286 g/mol. The molecule has 0 N–H and O–H groups in total. The topological polar surface area (TPSA) is 22.1 Å². The summed E-state index contributed by atoms with van der Waals surface area (Å²) >= 11 is 11.6. The van der Waals surface area contributed by atoms with Gasteiger partial charge in [-0.2, -0.15) is 0 Å². The van der Waals surface area contributed by atoms with Crippen LogP contribution in [0.25, 0.3) is 0 Å². The standard InChI is InChI=1S/C13H10Cl2FNO/c1-2-8-5-10(3-4-11(8)15)18-13-12(16)6-9(14)7-17-13/h3-7H,2H2,1H3. The zero-order valence-electron chi connectivity index (χ0n) is 9.58. The van der Waals surface area contributed by atoms with E-state index in [0.29, 0.717) is 10.8 Å². The molecule has 0 aliphatic carbocycles. The summed E-state index contributed by atoms with van der Waals surface area (Å²) in [5.74, 6) is -0.218. The van der Waals surface area contributed by atoms with Crippen LogP contribution < -0.4 is 4.74 Å². The molecule has 0 bridgehead atoms. The van der Waals surface area contributed by atoms with Gasteiger partial charge in [0.05, 0.1) is 5.02 Å². The van der Waals surface area contributed by atoms with E-state index in [1.807, 2.05) is 6.92 Å². The van der Waals surface area contributed by atoms with Crippen molar-refractivity contribution in [2.75, 3.05) is 0 Å². The van der Waals surface area contributed by atoms with Gasteiger partial charge in [-0.25, -0.2) is 9.37 Å². The number of halogens is 3. The van der Waals surface area contributed by atoms with Crippen LogP contribution in [0.5, 0.6) is 11.6 Å². The summed E-state index contributed by atoms with van der Waals surface area (Å²) in [5.41, 5.74) is 0.934. The molecule has 18 heavy (non-hydrogen) atoms. The highest BCUT2D eigenvalue weighted by Crippen LogP contribution is 2.27. The van der Waals surface area contributed by atoms with Gasteiger partial charge in [0.25, 0.3) is 5.88 Å². The molecule has 5 heteroatoms. The van der Waals surface area contributed by atoms with Gasteiger partial charge in [-0.1, -0.05) is 30.1 Å². The molecule has 1 heterocycles. The zero-order valence-corrected chi connectivity index (χ0v) is 11.1. The van der Waals surface area contributed by atoms with Crippen LogP contribution in [0.1, 0.15) is 12.5 Å². The lowest BCUT2D eigenvalue weighted by Gasteiger charge is -2.08. The van der Waals surface area contributed by atoms with E-state index in [9.17, 15) is 4.39 Å². The normalized spacial score (nSPS) is 10.4. The van der Waals surface area contributed by atoms with Crippen molar-refractivity contribution in [1.29, 1.82) is 0 Å². The molecule has 0 fully saturated rings. The number of aromatic nitrogens is 1. The summed E-state index contributed by atoms with van der Waals surface area (Å²) in [7, 11) is 0. The Morgan fingerprint density at radius 2 is 2.06 bits per heavy atom. The predicted octanol–water partition coefficient (Wildman–Crippen LogP) is 4.88. The molecule has 1 aromatic heterocycles. The van der Waals surface area contributed by atoms with Crippen molar-refractivity contribution < 1.29 is 9.13 Å². The van der Waals surface area contributed by atoms with Crippen molar-refractivity contribution in [1.82, 2.24) is 4.98 Å². The molecule has 2 aromatic rings. The molecular formula is C13H10Cl2FNO. The minimum absolute atomic E-state index is 0.108. The monoisotopic (exact) mass is 285 g/mol. The van der Waals surface area contributed by atoms with E-state index < -0.39 is 5.82 Å². The largest absolute Gasteiger partial charge is 0.436 e. The van der Waals surface area contributed by atoms with Gasteiger partial charge in [0.15, 0.2) is 5.82 Å². The maximum atomic E-state index is 13.5. The third-order valence-electron chi connectivity index (χ3n) is 2.39. The first-order chi connectivity index (χ1) is 8.60. The summed E-state index contributed by atoms with van der Waals surface area (Å²) in [6.45, 7) is 1.98. The number of hydrogen-bond acceptors (Lipinski definition) is 2. The molecule has 0 unspecified atom stereocenters. The zero-order chi connectivity index (χ0) is 13.1. The fourth-order valence-electron chi connectivity index (χ4n) is 1.47. The number of nitrogens with zero attached hydrogens (tertiary/aromatic N) is 1. The minimum atomic E-state index is -0.601. The quantitative estimate of drug-likeness (QED) is 0.802. The highest BCUT2D eigenvalue weighted by atomic mass is 35.5. The second kappa shape index (κ2) is 5.55. The molecule has 2 nitrogen and oxygen atoms in total. The van der Waals surface area contributed by atoms with Gasteiger partial charge < -0.3 is 4.74 Å². The Morgan fingerprint density at radius 3 is 2.72 bits per heavy atom. The molecule has 2 rings (SSSR count). The lowest BCUT2D eigenvalue weighted by molar-refractivity contribution is 0.422. The Kier molecular flexibility index (Phi) is 4.04. The summed E-state index contributed by atoms with van der Waals surface area (Å²) in [5, 5.41) is 0.889. The van der Waals surface area contributed by atoms with Gasteiger partial charge in [-0.15, -0.1) is 0 Å². The summed E-state index contributed by atoms with van der Waals surface area (Å²) < 4.78 is 18.9. The van der Waals surface area contributed by atoms with Crippen molar-refractivity contribution in [2.24, 2.45) is 0 Å². The maximum Gasteiger partial charge on any atom is 0.255 e. The molecule has 0 aliphatic rings. The highest BCUT2D eigenvalue weighted by molar-refractivity contribution is 6.31. The van der Waals surface area contributed by atoms with Gasteiger partial charge in [0, 0.05) is 11.2 Å². The molecule has 0 amide bonds. The van der Waals surface area contributed by atoms with Gasteiger partial charge in [-0.05, 0) is 36.2 Å². The van der Waals surface area contributed by atoms with Gasteiger partial charge in [0.2, 0.25) is 0 Å². The second-order valence-electron chi connectivity index (χ2n) is 3.65. The van der Waals surface area contributed by atoms with Gasteiger partial charge >= 0.3 is 0 Å². The van der Waals surface area contributed by atoms with Gasteiger partial charge in [-0.3, -0.25) is 0 Å². The van der Waals surface area contributed by atoms with Crippen LogP contribution in [0.15, 0.2) is 30.5 Å².